The minimum absolute atomic E-state index is 0.0867. The molecule has 0 saturated heterocycles. The summed E-state index contributed by atoms with van der Waals surface area (Å²) in [5.74, 6) is 0.746. The molecule has 0 bridgehead atoms. The van der Waals surface area contributed by atoms with Crippen LogP contribution in [0.5, 0.6) is 0 Å². The molecule has 4 aromatic rings. The van der Waals surface area contributed by atoms with Gasteiger partial charge in [-0.3, -0.25) is 9.20 Å². The van der Waals surface area contributed by atoms with Crippen molar-refractivity contribution in [1.29, 1.82) is 0 Å². The maximum Gasteiger partial charge on any atom is 0.251 e. The summed E-state index contributed by atoms with van der Waals surface area (Å²) in [5, 5.41) is 11.3. The minimum Gasteiger partial charge on any atom is -0.352 e. The standard InChI is InChI=1S/C21H21N5O/c1-15-6-7-16(2)26(15)18-10-8-17(9-11-18)21(27)22-13-12-20-24-23-19-5-3-4-14-25(19)20/h3-11,14H,12-13H2,1-2H3,(H,22,27). The Morgan fingerprint density at radius 1 is 0.963 bits per heavy atom. The molecule has 1 amide bonds. The van der Waals surface area contributed by atoms with Gasteiger partial charge in [0, 0.05) is 41.8 Å². The lowest BCUT2D eigenvalue weighted by atomic mass is 10.2. The summed E-state index contributed by atoms with van der Waals surface area (Å²) in [6, 6.07) is 17.6. The zero-order valence-corrected chi connectivity index (χ0v) is 15.4. The van der Waals surface area contributed by atoms with Gasteiger partial charge in [0.15, 0.2) is 5.65 Å². The quantitative estimate of drug-likeness (QED) is 0.595. The predicted octanol–water partition coefficient (Wildman–Crippen LogP) is 3.11. The molecule has 4 rings (SSSR count). The number of amides is 1. The van der Waals surface area contributed by atoms with Gasteiger partial charge in [-0.2, -0.15) is 0 Å². The number of aromatic nitrogens is 4. The first kappa shape index (κ1) is 17.0. The van der Waals surface area contributed by atoms with Crippen LogP contribution in [0.25, 0.3) is 11.3 Å². The van der Waals surface area contributed by atoms with E-state index in [4.69, 9.17) is 0 Å². The highest BCUT2D eigenvalue weighted by Crippen LogP contribution is 2.16. The van der Waals surface area contributed by atoms with Gasteiger partial charge in [0.2, 0.25) is 0 Å². The Kier molecular flexibility index (Phi) is 4.46. The Balaban J connectivity index is 1.40. The molecule has 0 spiro atoms. The summed E-state index contributed by atoms with van der Waals surface area (Å²) in [5.41, 5.74) is 4.86. The summed E-state index contributed by atoms with van der Waals surface area (Å²) in [6.07, 6.45) is 2.55. The number of carbonyl (C=O) groups is 1. The molecule has 136 valence electrons. The van der Waals surface area contributed by atoms with Crippen LogP contribution in [-0.2, 0) is 6.42 Å². The molecule has 3 aromatic heterocycles. The maximum absolute atomic E-state index is 12.4. The number of benzene rings is 1. The fourth-order valence-corrected chi connectivity index (χ4v) is 3.29. The largest absolute Gasteiger partial charge is 0.352 e. The molecular weight excluding hydrogens is 338 g/mol. The van der Waals surface area contributed by atoms with Gasteiger partial charge in [-0.05, 0) is 62.4 Å². The third kappa shape index (κ3) is 3.33. The van der Waals surface area contributed by atoms with Crippen LogP contribution >= 0.6 is 0 Å². The fraction of sp³-hybridized carbons (Fsp3) is 0.190. The van der Waals surface area contributed by atoms with Crippen molar-refractivity contribution in [2.45, 2.75) is 20.3 Å². The van der Waals surface area contributed by atoms with Gasteiger partial charge in [-0.1, -0.05) is 6.07 Å². The lowest BCUT2D eigenvalue weighted by molar-refractivity contribution is 0.0954. The number of hydrogen-bond donors (Lipinski definition) is 1. The molecule has 6 nitrogen and oxygen atoms in total. The van der Waals surface area contributed by atoms with Gasteiger partial charge in [-0.25, -0.2) is 0 Å². The number of pyridine rings is 1. The van der Waals surface area contributed by atoms with Crippen molar-refractivity contribution < 1.29 is 4.79 Å². The zero-order valence-electron chi connectivity index (χ0n) is 15.4. The van der Waals surface area contributed by atoms with Crippen molar-refractivity contribution in [3.8, 4) is 5.69 Å². The lowest BCUT2D eigenvalue weighted by Crippen LogP contribution is -2.26. The van der Waals surface area contributed by atoms with E-state index in [2.05, 4.69) is 46.1 Å². The molecule has 0 saturated carbocycles. The Morgan fingerprint density at radius 2 is 1.70 bits per heavy atom. The maximum atomic E-state index is 12.4. The Hall–Kier alpha value is -3.41. The fourth-order valence-electron chi connectivity index (χ4n) is 3.29. The Labute approximate surface area is 157 Å². The van der Waals surface area contributed by atoms with Gasteiger partial charge in [0.25, 0.3) is 5.91 Å². The minimum atomic E-state index is -0.0867. The molecule has 6 heteroatoms. The van der Waals surface area contributed by atoms with Crippen molar-refractivity contribution in [3.05, 3.63) is 83.6 Å². The first-order chi connectivity index (χ1) is 13.1. The summed E-state index contributed by atoms with van der Waals surface area (Å²) in [7, 11) is 0. The highest BCUT2D eigenvalue weighted by atomic mass is 16.1. The van der Waals surface area contributed by atoms with Crippen LogP contribution in [-0.4, -0.2) is 31.6 Å². The molecule has 3 heterocycles. The summed E-state index contributed by atoms with van der Waals surface area (Å²) < 4.78 is 4.10. The SMILES string of the molecule is Cc1ccc(C)n1-c1ccc(C(=O)NCCc2nnc3ccccn23)cc1. The number of nitrogens with one attached hydrogen (secondary N) is 1. The second-order valence-corrected chi connectivity index (χ2v) is 6.55. The number of fused-ring (bicyclic) bond motifs is 1. The smallest absolute Gasteiger partial charge is 0.251 e. The van der Waals surface area contributed by atoms with Crippen LogP contribution in [0.1, 0.15) is 27.6 Å². The molecule has 0 aliphatic heterocycles. The first-order valence-electron chi connectivity index (χ1n) is 8.96. The van der Waals surface area contributed by atoms with Gasteiger partial charge >= 0.3 is 0 Å². The zero-order chi connectivity index (χ0) is 18.8. The Bertz CT molecular complexity index is 1070. The summed E-state index contributed by atoms with van der Waals surface area (Å²) in [6.45, 7) is 4.65. The second-order valence-electron chi connectivity index (χ2n) is 6.55. The third-order valence-corrected chi connectivity index (χ3v) is 4.68. The number of hydrogen-bond acceptors (Lipinski definition) is 3. The molecular formula is C21H21N5O. The monoisotopic (exact) mass is 359 g/mol. The molecule has 1 N–H and O–H groups in total. The lowest BCUT2D eigenvalue weighted by Gasteiger charge is -2.10. The number of rotatable bonds is 5. The van der Waals surface area contributed by atoms with Crippen LogP contribution in [0.3, 0.4) is 0 Å². The first-order valence-corrected chi connectivity index (χ1v) is 8.96. The molecule has 0 radical (unpaired) electrons. The van der Waals surface area contributed by atoms with Crippen molar-refractivity contribution in [1.82, 2.24) is 24.5 Å². The van der Waals surface area contributed by atoms with Gasteiger partial charge in [0.1, 0.15) is 5.82 Å². The number of nitrogens with zero attached hydrogens (tertiary/aromatic N) is 4. The topological polar surface area (TPSA) is 64.2 Å². The van der Waals surface area contributed by atoms with Crippen molar-refractivity contribution in [2.24, 2.45) is 0 Å². The molecule has 27 heavy (non-hydrogen) atoms. The van der Waals surface area contributed by atoms with E-state index in [1.165, 1.54) is 11.4 Å². The van der Waals surface area contributed by atoms with Gasteiger partial charge < -0.3 is 9.88 Å². The molecule has 0 unspecified atom stereocenters. The molecule has 1 aromatic carbocycles. The molecule has 0 fully saturated rings. The van der Waals surface area contributed by atoms with E-state index >= 15 is 0 Å². The van der Waals surface area contributed by atoms with Crippen LogP contribution in [0.15, 0.2) is 60.8 Å². The Morgan fingerprint density at radius 3 is 2.44 bits per heavy atom. The highest BCUT2D eigenvalue weighted by Gasteiger charge is 2.09. The average Bonchev–Trinajstić information content (AvgIpc) is 3.25. The van der Waals surface area contributed by atoms with E-state index in [0.29, 0.717) is 18.5 Å². The van der Waals surface area contributed by atoms with E-state index < -0.39 is 0 Å². The van der Waals surface area contributed by atoms with Gasteiger partial charge in [0.05, 0.1) is 0 Å². The van der Waals surface area contributed by atoms with E-state index in [1.807, 2.05) is 53.1 Å². The third-order valence-electron chi connectivity index (χ3n) is 4.68. The number of aryl methyl sites for hydroxylation is 2. The summed E-state index contributed by atoms with van der Waals surface area (Å²) in [4.78, 5) is 12.4. The second kappa shape index (κ2) is 7.07. The van der Waals surface area contributed by atoms with Crippen molar-refractivity contribution >= 4 is 11.6 Å². The predicted molar refractivity (Wildman–Crippen MR) is 104 cm³/mol. The van der Waals surface area contributed by atoms with E-state index in [0.717, 1.165) is 17.2 Å². The van der Waals surface area contributed by atoms with Crippen LogP contribution in [0, 0.1) is 13.8 Å². The van der Waals surface area contributed by atoms with E-state index in [1.54, 1.807) is 0 Å². The van der Waals surface area contributed by atoms with Crippen LogP contribution in [0.4, 0.5) is 0 Å². The van der Waals surface area contributed by atoms with Crippen molar-refractivity contribution in [2.75, 3.05) is 6.54 Å². The number of carbonyl (C=O) groups excluding carboxylic acids is 1. The molecule has 0 atom stereocenters. The molecule has 0 aliphatic carbocycles. The summed E-state index contributed by atoms with van der Waals surface area (Å²) >= 11 is 0. The van der Waals surface area contributed by atoms with Crippen LogP contribution < -0.4 is 5.32 Å². The average molecular weight is 359 g/mol. The van der Waals surface area contributed by atoms with E-state index in [9.17, 15) is 4.79 Å². The van der Waals surface area contributed by atoms with E-state index in [-0.39, 0.29) is 5.91 Å². The molecule has 0 aliphatic rings. The van der Waals surface area contributed by atoms with Gasteiger partial charge in [-0.15, -0.1) is 10.2 Å². The van der Waals surface area contributed by atoms with Crippen molar-refractivity contribution in [3.63, 3.8) is 0 Å². The van der Waals surface area contributed by atoms with Crippen LogP contribution in [0.2, 0.25) is 0 Å². The highest BCUT2D eigenvalue weighted by molar-refractivity contribution is 5.94. The normalized spacial score (nSPS) is 11.0.